The van der Waals surface area contributed by atoms with Crippen LogP contribution in [0.15, 0.2) is 60.9 Å². The van der Waals surface area contributed by atoms with Crippen LogP contribution in [0.2, 0.25) is 0 Å². The maximum Gasteiger partial charge on any atom is 0.241 e. The number of benzene rings is 2. The lowest BCUT2D eigenvalue weighted by Crippen LogP contribution is -2.39. The monoisotopic (exact) mass is 378 g/mol. The Morgan fingerprint density at radius 2 is 2.04 bits per heavy atom. The van der Waals surface area contributed by atoms with Crippen molar-refractivity contribution < 1.29 is 9.18 Å². The van der Waals surface area contributed by atoms with Crippen molar-refractivity contribution in [1.82, 2.24) is 14.5 Å². The molecule has 2 heterocycles. The van der Waals surface area contributed by atoms with E-state index in [-0.39, 0.29) is 17.8 Å². The molecule has 1 aliphatic heterocycles. The Balaban J connectivity index is 1.46. The molecule has 0 unspecified atom stereocenters. The smallest absolute Gasteiger partial charge is 0.241 e. The Kier molecular flexibility index (Phi) is 5.21. The van der Waals surface area contributed by atoms with Gasteiger partial charge in [0.2, 0.25) is 5.91 Å². The third-order valence-electron chi connectivity index (χ3n) is 5.24. The van der Waals surface area contributed by atoms with Crippen molar-refractivity contribution in [1.29, 1.82) is 0 Å². The lowest BCUT2D eigenvalue weighted by Gasteiger charge is -2.23. The Hall–Kier alpha value is -2.99. The highest BCUT2D eigenvalue weighted by Gasteiger charge is 2.31. The summed E-state index contributed by atoms with van der Waals surface area (Å²) >= 11 is 0. The van der Waals surface area contributed by atoms with E-state index < -0.39 is 0 Å². The normalized spacial score (nSPS) is 17.0. The van der Waals surface area contributed by atoms with Crippen molar-refractivity contribution in [2.45, 2.75) is 25.4 Å². The number of anilines is 1. The Bertz CT molecular complexity index is 967. The second kappa shape index (κ2) is 7.94. The third kappa shape index (κ3) is 3.97. The molecule has 0 aliphatic carbocycles. The molecule has 0 spiro atoms. The number of hydrogen-bond acceptors (Lipinski definition) is 3. The van der Waals surface area contributed by atoms with E-state index in [1.165, 1.54) is 12.1 Å². The van der Waals surface area contributed by atoms with Crippen LogP contribution in [0.4, 0.5) is 10.1 Å². The molecule has 1 N–H and O–H groups in total. The largest absolute Gasteiger partial charge is 0.337 e. The van der Waals surface area contributed by atoms with E-state index in [9.17, 15) is 9.18 Å². The van der Waals surface area contributed by atoms with Crippen molar-refractivity contribution in [3.05, 3.63) is 72.6 Å². The summed E-state index contributed by atoms with van der Waals surface area (Å²) in [5, 5.41) is 3.05. The molecule has 3 aromatic rings. The van der Waals surface area contributed by atoms with E-state index in [2.05, 4.69) is 15.2 Å². The van der Waals surface area contributed by atoms with Crippen molar-refractivity contribution in [3.8, 4) is 11.1 Å². The van der Waals surface area contributed by atoms with Crippen LogP contribution in [0.1, 0.15) is 18.7 Å². The molecule has 6 heteroatoms. The van der Waals surface area contributed by atoms with Crippen LogP contribution in [-0.4, -0.2) is 32.9 Å². The molecule has 0 bridgehead atoms. The van der Waals surface area contributed by atoms with Crippen molar-refractivity contribution >= 4 is 11.6 Å². The van der Waals surface area contributed by atoms with E-state index in [0.717, 1.165) is 42.0 Å². The van der Waals surface area contributed by atoms with E-state index in [0.29, 0.717) is 6.54 Å². The van der Waals surface area contributed by atoms with E-state index in [4.69, 9.17) is 0 Å². The highest BCUT2D eigenvalue weighted by atomic mass is 19.1. The summed E-state index contributed by atoms with van der Waals surface area (Å²) in [5.74, 6) is 0.697. The summed E-state index contributed by atoms with van der Waals surface area (Å²) in [6.45, 7) is 1.55. The zero-order valence-corrected chi connectivity index (χ0v) is 15.8. The number of likely N-dealkylation sites (tertiary alicyclic amines) is 1. The maximum atomic E-state index is 13.2. The highest BCUT2D eigenvalue weighted by Crippen LogP contribution is 2.25. The van der Waals surface area contributed by atoms with Gasteiger partial charge in [-0.1, -0.05) is 24.3 Å². The quantitative estimate of drug-likeness (QED) is 0.734. The average molecular weight is 378 g/mol. The number of imidazole rings is 1. The topological polar surface area (TPSA) is 50.2 Å². The lowest BCUT2D eigenvalue weighted by molar-refractivity contribution is -0.120. The molecular formula is C22H23FN4O. The summed E-state index contributed by atoms with van der Waals surface area (Å²) in [7, 11) is 1.97. The number of aromatic nitrogens is 2. The predicted octanol–water partition coefficient (Wildman–Crippen LogP) is 3.83. The van der Waals surface area contributed by atoms with E-state index in [1.807, 2.05) is 42.1 Å². The number of carbonyl (C=O) groups excluding carboxylic acids is 1. The Labute approximate surface area is 163 Å². The van der Waals surface area contributed by atoms with Crippen LogP contribution in [-0.2, 0) is 18.4 Å². The van der Waals surface area contributed by atoms with Crippen molar-refractivity contribution in [3.63, 3.8) is 0 Å². The molecule has 4 rings (SSSR count). The SMILES string of the molecule is Cn1ccnc1CN1CCC[C@@H]1C(=O)Nc1cccc(-c2ccc(F)cc2)c1. The first-order valence-corrected chi connectivity index (χ1v) is 9.47. The average Bonchev–Trinajstić information content (AvgIpc) is 3.32. The Morgan fingerprint density at radius 1 is 1.21 bits per heavy atom. The molecule has 1 amide bonds. The molecule has 1 aliphatic rings. The zero-order chi connectivity index (χ0) is 19.5. The lowest BCUT2D eigenvalue weighted by atomic mass is 10.0. The fourth-order valence-corrected chi connectivity index (χ4v) is 3.69. The summed E-state index contributed by atoms with van der Waals surface area (Å²) in [5.41, 5.74) is 2.60. The molecule has 2 aromatic carbocycles. The van der Waals surface area contributed by atoms with Gasteiger partial charge in [0.1, 0.15) is 11.6 Å². The fraction of sp³-hybridized carbons (Fsp3) is 0.273. The second-order valence-corrected chi connectivity index (χ2v) is 7.16. The van der Waals surface area contributed by atoms with Gasteiger partial charge in [0, 0.05) is 25.1 Å². The molecular weight excluding hydrogens is 355 g/mol. The molecule has 1 atom stereocenters. The van der Waals surface area contributed by atoms with Crippen LogP contribution in [0, 0.1) is 5.82 Å². The minimum atomic E-state index is -0.262. The maximum absolute atomic E-state index is 13.2. The summed E-state index contributed by atoms with van der Waals surface area (Å²) < 4.78 is 15.1. The van der Waals surface area contributed by atoms with Gasteiger partial charge in [-0.3, -0.25) is 9.69 Å². The summed E-state index contributed by atoms with van der Waals surface area (Å²) in [6, 6.07) is 13.8. The van der Waals surface area contributed by atoms with Gasteiger partial charge in [-0.25, -0.2) is 9.37 Å². The van der Waals surface area contributed by atoms with Crippen LogP contribution >= 0.6 is 0 Å². The summed E-state index contributed by atoms with van der Waals surface area (Å²) in [6.07, 6.45) is 5.54. The molecule has 0 saturated carbocycles. The molecule has 5 nitrogen and oxygen atoms in total. The number of carbonyl (C=O) groups is 1. The second-order valence-electron chi connectivity index (χ2n) is 7.16. The molecule has 28 heavy (non-hydrogen) atoms. The zero-order valence-electron chi connectivity index (χ0n) is 15.8. The first kappa shape index (κ1) is 18.4. The van der Waals surface area contributed by atoms with Crippen molar-refractivity contribution in [2.24, 2.45) is 7.05 Å². The van der Waals surface area contributed by atoms with Crippen LogP contribution in [0.3, 0.4) is 0 Å². The van der Waals surface area contributed by atoms with Gasteiger partial charge >= 0.3 is 0 Å². The first-order valence-electron chi connectivity index (χ1n) is 9.47. The number of rotatable bonds is 5. The Morgan fingerprint density at radius 3 is 2.79 bits per heavy atom. The third-order valence-corrected chi connectivity index (χ3v) is 5.24. The number of hydrogen-bond donors (Lipinski definition) is 1. The predicted molar refractivity (Wildman–Crippen MR) is 107 cm³/mol. The van der Waals surface area contributed by atoms with Gasteiger partial charge < -0.3 is 9.88 Å². The van der Waals surface area contributed by atoms with Crippen LogP contribution < -0.4 is 5.32 Å². The number of halogens is 1. The number of amides is 1. The van der Waals surface area contributed by atoms with Crippen LogP contribution in [0.25, 0.3) is 11.1 Å². The first-order chi connectivity index (χ1) is 13.6. The molecule has 0 radical (unpaired) electrons. The number of nitrogens with one attached hydrogen (secondary N) is 1. The molecule has 1 aromatic heterocycles. The van der Waals surface area contributed by atoms with Gasteiger partial charge in [-0.15, -0.1) is 0 Å². The minimum Gasteiger partial charge on any atom is -0.337 e. The molecule has 1 saturated heterocycles. The molecule has 1 fully saturated rings. The number of nitrogens with zero attached hydrogens (tertiary/aromatic N) is 3. The summed E-state index contributed by atoms with van der Waals surface area (Å²) in [4.78, 5) is 19.5. The molecule has 144 valence electrons. The van der Waals surface area contributed by atoms with Gasteiger partial charge in [-0.2, -0.15) is 0 Å². The van der Waals surface area contributed by atoms with E-state index in [1.54, 1.807) is 18.3 Å². The van der Waals surface area contributed by atoms with Gasteiger partial charge in [0.15, 0.2) is 0 Å². The van der Waals surface area contributed by atoms with Gasteiger partial charge in [0.05, 0.1) is 12.6 Å². The number of aryl methyl sites for hydroxylation is 1. The highest BCUT2D eigenvalue weighted by molar-refractivity contribution is 5.95. The van der Waals surface area contributed by atoms with Crippen molar-refractivity contribution in [2.75, 3.05) is 11.9 Å². The van der Waals surface area contributed by atoms with Gasteiger partial charge in [0.25, 0.3) is 0 Å². The minimum absolute atomic E-state index is 0.00275. The van der Waals surface area contributed by atoms with Gasteiger partial charge in [-0.05, 0) is 54.8 Å². The van der Waals surface area contributed by atoms with E-state index >= 15 is 0 Å². The van der Waals surface area contributed by atoms with Crippen LogP contribution in [0.5, 0.6) is 0 Å². The standard InChI is InChI=1S/C22H23FN4O/c1-26-13-11-24-21(26)15-27-12-3-6-20(27)22(28)25-19-5-2-4-17(14-19)16-7-9-18(23)10-8-16/h2,4-5,7-11,13-14,20H,3,6,12,15H2,1H3,(H,25,28)/t20-/m1/s1. The fourth-order valence-electron chi connectivity index (χ4n) is 3.69.